The summed E-state index contributed by atoms with van der Waals surface area (Å²) in [6.45, 7) is 1.07. The van der Waals surface area contributed by atoms with E-state index in [0.717, 1.165) is 44.6 Å². The Morgan fingerprint density at radius 2 is 1.53 bits per heavy atom. The Morgan fingerprint density at radius 3 is 2.34 bits per heavy atom. The number of aromatic nitrogens is 4. The third-order valence-corrected chi connectivity index (χ3v) is 5.68. The lowest BCUT2D eigenvalue weighted by Crippen LogP contribution is -2.19. The maximum atomic E-state index is 12.1. The quantitative estimate of drug-likeness (QED) is 0.386. The van der Waals surface area contributed by atoms with Crippen LogP contribution in [-0.4, -0.2) is 19.1 Å². The molecule has 2 aromatic heterocycles. The van der Waals surface area contributed by atoms with E-state index in [9.17, 15) is 9.59 Å². The van der Waals surface area contributed by atoms with Gasteiger partial charge in [-0.1, -0.05) is 18.2 Å². The number of hydrogen-bond donors (Lipinski definition) is 3. The van der Waals surface area contributed by atoms with Crippen LogP contribution in [-0.2, 0) is 27.2 Å². The second kappa shape index (κ2) is 7.81. The lowest BCUT2D eigenvalue weighted by Gasteiger charge is -2.09. The molecule has 0 saturated carbocycles. The van der Waals surface area contributed by atoms with Gasteiger partial charge in [0.25, 0.3) is 0 Å². The number of rotatable bonds is 6. The van der Waals surface area contributed by atoms with Gasteiger partial charge in [-0.25, -0.2) is 9.59 Å². The SMILES string of the molecule is Cn1c(=O)n(C)c2cc(COc3ccc(CNc4ccc5[nH]c(=O)[nH]c5c4)cc3)ccc21. The van der Waals surface area contributed by atoms with Crippen molar-refractivity contribution in [2.45, 2.75) is 13.2 Å². The molecule has 8 nitrogen and oxygen atoms in total. The number of ether oxygens (including phenoxy) is 1. The zero-order chi connectivity index (χ0) is 22.2. The second-order valence-electron chi connectivity index (χ2n) is 7.85. The van der Waals surface area contributed by atoms with Gasteiger partial charge >= 0.3 is 11.4 Å². The molecular weight excluding hydrogens is 406 g/mol. The van der Waals surface area contributed by atoms with Gasteiger partial charge in [0.1, 0.15) is 12.4 Å². The van der Waals surface area contributed by atoms with Crippen LogP contribution in [0.1, 0.15) is 11.1 Å². The summed E-state index contributed by atoms with van der Waals surface area (Å²) >= 11 is 0. The molecule has 0 aliphatic heterocycles. The minimum absolute atomic E-state index is 0.0384. The van der Waals surface area contributed by atoms with Crippen molar-refractivity contribution in [1.29, 1.82) is 0 Å². The van der Waals surface area contributed by atoms with Gasteiger partial charge in [-0.05, 0) is 53.6 Å². The van der Waals surface area contributed by atoms with Crippen molar-refractivity contribution >= 4 is 27.8 Å². The standard InChI is InChI=1S/C24H23N5O3/c1-28-21-10-5-16(11-22(21)29(2)24(28)31)14-32-18-7-3-15(4-8-18)13-25-17-6-9-19-20(12-17)27-23(30)26-19/h3-12,25H,13-14H2,1-2H3,(H2,26,27,30). The summed E-state index contributed by atoms with van der Waals surface area (Å²) in [5.41, 5.74) is 6.15. The maximum absolute atomic E-state index is 12.1. The van der Waals surface area contributed by atoms with E-state index in [1.54, 1.807) is 23.2 Å². The third-order valence-electron chi connectivity index (χ3n) is 5.68. The summed E-state index contributed by atoms with van der Waals surface area (Å²) in [6.07, 6.45) is 0. The third kappa shape index (κ3) is 3.66. The molecule has 0 aliphatic rings. The smallest absolute Gasteiger partial charge is 0.328 e. The average molecular weight is 429 g/mol. The maximum Gasteiger partial charge on any atom is 0.328 e. The fraction of sp³-hybridized carbons (Fsp3) is 0.167. The first-order valence-corrected chi connectivity index (χ1v) is 10.3. The molecule has 0 amide bonds. The predicted molar refractivity (Wildman–Crippen MR) is 125 cm³/mol. The van der Waals surface area contributed by atoms with Gasteiger partial charge in [0.05, 0.1) is 22.1 Å². The van der Waals surface area contributed by atoms with Crippen LogP contribution < -0.4 is 21.4 Å². The van der Waals surface area contributed by atoms with E-state index >= 15 is 0 Å². The zero-order valence-electron chi connectivity index (χ0n) is 17.8. The molecule has 0 aliphatic carbocycles. The first-order valence-electron chi connectivity index (χ1n) is 10.3. The van der Waals surface area contributed by atoms with Crippen molar-refractivity contribution in [3.05, 3.63) is 92.8 Å². The van der Waals surface area contributed by atoms with E-state index in [-0.39, 0.29) is 11.4 Å². The van der Waals surface area contributed by atoms with Crippen LogP contribution in [0.4, 0.5) is 5.69 Å². The molecule has 0 unspecified atom stereocenters. The number of aromatic amines is 2. The first-order chi connectivity index (χ1) is 15.5. The largest absolute Gasteiger partial charge is 0.489 e. The van der Waals surface area contributed by atoms with Crippen molar-refractivity contribution in [2.75, 3.05) is 5.32 Å². The highest BCUT2D eigenvalue weighted by Gasteiger charge is 2.08. The van der Waals surface area contributed by atoms with Crippen LogP contribution in [0.2, 0.25) is 0 Å². The molecule has 0 atom stereocenters. The van der Waals surface area contributed by atoms with Crippen LogP contribution in [0, 0.1) is 0 Å². The summed E-state index contributed by atoms with van der Waals surface area (Å²) < 4.78 is 9.22. The van der Waals surface area contributed by atoms with Crippen molar-refractivity contribution in [3.8, 4) is 5.75 Å². The molecule has 32 heavy (non-hydrogen) atoms. The average Bonchev–Trinajstić information content (AvgIpc) is 3.28. The summed E-state index contributed by atoms with van der Waals surface area (Å²) in [5.74, 6) is 0.780. The highest BCUT2D eigenvalue weighted by atomic mass is 16.5. The van der Waals surface area contributed by atoms with Gasteiger partial charge in [0.15, 0.2) is 0 Å². The molecule has 0 bridgehead atoms. The van der Waals surface area contributed by atoms with E-state index in [1.165, 1.54) is 0 Å². The topological polar surface area (TPSA) is 96.8 Å². The van der Waals surface area contributed by atoms with Crippen LogP contribution in [0.3, 0.4) is 0 Å². The highest BCUT2D eigenvalue weighted by molar-refractivity contribution is 5.78. The Kier molecular flexibility index (Phi) is 4.82. The van der Waals surface area contributed by atoms with Crippen LogP contribution >= 0.6 is 0 Å². The molecule has 3 N–H and O–H groups in total. The van der Waals surface area contributed by atoms with E-state index in [0.29, 0.717) is 13.2 Å². The van der Waals surface area contributed by atoms with Crippen LogP contribution in [0.25, 0.3) is 22.1 Å². The van der Waals surface area contributed by atoms with E-state index in [4.69, 9.17) is 4.74 Å². The first kappa shape index (κ1) is 19.7. The highest BCUT2D eigenvalue weighted by Crippen LogP contribution is 2.19. The number of benzene rings is 3. The number of imidazole rings is 2. The van der Waals surface area contributed by atoms with Crippen molar-refractivity contribution in [1.82, 2.24) is 19.1 Å². The summed E-state index contributed by atoms with van der Waals surface area (Å²) in [6, 6.07) is 19.6. The molecular formula is C24H23N5O3. The van der Waals surface area contributed by atoms with Crippen LogP contribution in [0.5, 0.6) is 5.75 Å². The van der Waals surface area contributed by atoms with E-state index in [1.807, 2.05) is 60.7 Å². The van der Waals surface area contributed by atoms with Gasteiger partial charge in [-0.15, -0.1) is 0 Å². The molecule has 0 radical (unpaired) electrons. The monoisotopic (exact) mass is 429 g/mol. The van der Waals surface area contributed by atoms with Crippen LogP contribution in [0.15, 0.2) is 70.3 Å². The molecule has 5 aromatic rings. The van der Waals surface area contributed by atoms with Crippen molar-refractivity contribution in [2.24, 2.45) is 14.1 Å². The van der Waals surface area contributed by atoms with Crippen molar-refractivity contribution < 1.29 is 4.74 Å². The minimum atomic E-state index is -0.208. The summed E-state index contributed by atoms with van der Waals surface area (Å²) in [4.78, 5) is 29.0. The normalized spacial score (nSPS) is 11.3. The lowest BCUT2D eigenvalue weighted by molar-refractivity contribution is 0.306. The fourth-order valence-electron chi connectivity index (χ4n) is 3.86. The van der Waals surface area contributed by atoms with Crippen molar-refractivity contribution in [3.63, 3.8) is 0 Å². The van der Waals surface area contributed by atoms with Gasteiger partial charge in [-0.3, -0.25) is 9.13 Å². The van der Waals surface area contributed by atoms with E-state index < -0.39 is 0 Å². The fourth-order valence-corrected chi connectivity index (χ4v) is 3.86. The Labute approximate surface area is 183 Å². The Bertz CT molecular complexity index is 1540. The summed E-state index contributed by atoms with van der Waals surface area (Å²) in [5, 5.41) is 3.36. The van der Waals surface area contributed by atoms with Gasteiger partial charge < -0.3 is 20.0 Å². The number of anilines is 1. The zero-order valence-corrected chi connectivity index (χ0v) is 17.8. The molecule has 5 rings (SSSR count). The van der Waals surface area contributed by atoms with Gasteiger partial charge in [0, 0.05) is 26.3 Å². The molecule has 2 heterocycles. The molecule has 0 saturated heterocycles. The number of aryl methyl sites for hydroxylation is 2. The number of nitrogens with one attached hydrogen (secondary N) is 3. The summed E-state index contributed by atoms with van der Waals surface area (Å²) in [7, 11) is 3.55. The Morgan fingerprint density at radius 1 is 0.812 bits per heavy atom. The minimum Gasteiger partial charge on any atom is -0.489 e. The molecule has 3 aromatic carbocycles. The van der Waals surface area contributed by atoms with Gasteiger partial charge in [0.2, 0.25) is 0 Å². The number of H-pyrrole nitrogens is 2. The molecule has 0 spiro atoms. The predicted octanol–water partition coefficient (Wildman–Crippen LogP) is 3.24. The molecule has 8 heteroatoms. The van der Waals surface area contributed by atoms with Gasteiger partial charge in [-0.2, -0.15) is 0 Å². The van der Waals surface area contributed by atoms with E-state index in [2.05, 4.69) is 15.3 Å². The number of nitrogens with zero attached hydrogens (tertiary/aromatic N) is 2. The lowest BCUT2D eigenvalue weighted by atomic mass is 10.2. The second-order valence-corrected chi connectivity index (χ2v) is 7.85. The Hall–Kier alpha value is -4.20. The molecule has 162 valence electrons. The molecule has 0 fully saturated rings. The number of fused-ring (bicyclic) bond motifs is 2. The number of hydrogen-bond acceptors (Lipinski definition) is 4. The Balaban J connectivity index is 1.21.